The van der Waals surface area contributed by atoms with Crippen LogP contribution in [0.15, 0.2) is 48.5 Å². The van der Waals surface area contributed by atoms with E-state index in [-0.39, 0.29) is 11.7 Å². The summed E-state index contributed by atoms with van der Waals surface area (Å²) >= 11 is 6.09. The molecule has 1 aliphatic rings. The number of hydrogen-bond acceptors (Lipinski definition) is 2. The molecule has 0 aromatic heterocycles. The van der Waals surface area contributed by atoms with Gasteiger partial charge in [-0.2, -0.15) is 0 Å². The number of rotatable bonds is 3. The lowest BCUT2D eigenvalue weighted by molar-refractivity contribution is -0.120. The van der Waals surface area contributed by atoms with Crippen LogP contribution in [-0.2, 0) is 11.2 Å². The minimum absolute atomic E-state index is 0.151. The van der Waals surface area contributed by atoms with E-state index in [0.29, 0.717) is 18.1 Å². The summed E-state index contributed by atoms with van der Waals surface area (Å²) in [5.41, 5.74) is 1.86. The average molecular weight is 273 g/mol. The van der Waals surface area contributed by atoms with Gasteiger partial charge in [0.05, 0.1) is 5.92 Å². The van der Waals surface area contributed by atoms with E-state index in [2.05, 4.69) is 0 Å². The van der Waals surface area contributed by atoms with E-state index in [1.807, 2.05) is 48.5 Å². The van der Waals surface area contributed by atoms with E-state index < -0.39 is 0 Å². The van der Waals surface area contributed by atoms with Gasteiger partial charge in [0.1, 0.15) is 18.1 Å². The number of para-hydroxylation sites is 1. The van der Waals surface area contributed by atoms with Gasteiger partial charge in [0.2, 0.25) is 0 Å². The first-order valence-corrected chi connectivity index (χ1v) is 6.61. The molecular formula is C16H13ClO2. The van der Waals surface area contributed by atoms with E-state index >= 15 is 0 Å². The zero-order valence-electron chi connectivity index (χ0n) is 10.3. The van der Waals surface area contributed by atoms with Crippen molar-refractivity contribution in [3.05, 3.63) is 64.7 Å². The van der Waals surface area contributed by atoms with E-state index in [1.165, 1.54) is 0 Å². The third-order valence-electron chi connectivity index (χ3n) is 3.41. The van der Waals surface area contributed by atoms with Crippen molar-refractivity contribution in [3.63, 3.8) is 0 Å². The number of Topliss-reactive ketones (excluding diaryl/α,β-unsaturated/α-hetero) is 1. The van der Waals surface area contributed by atoms with E-state index in [9.17, 15) is 4.79 Å². The summed E-state index contributed by atoms with van der Waals surface area (Å²) in [7, 11) is 0. The standard InChI is InChI=1S/C16H13ClO2/c17-14-7-3-1-5-11(14)9-15(18)13-10-19-16-8-4-2-6-12(13)16/h1-8,13H,9-10H2. The molecule has 0 saturated carbocycles. The fourth-order valence-electron chi connectivity index (χ4n) is 2.38. The number of fused-ring (bicyclic) bond motifs is 1. The van der Waals surface area contributed by atoms with Crippen LogP contribution in [0.2, 0.25) is 5.02 Å². The van der Waals surface area contributed by atoms with Gasteiger partial charge in [0, 0.05) is 17.0 Å². The Balaban J connectivity index is 1.81. The SMILES string of the molecule is O=C(Cc1ccccc1Cl)C1COc2ccccc21. The Morgan fingerprint density at radius 1 is 1.16 bits per heavy atom. The van der Waals surface area contributed by atoms with Gasteiger partial charge >= 0.3 is 0 Å². The largest absolute Gasteiger partial charge is 0.492 e. The average Bonchev–Trinajstić information content (AvgIpc) is 2.85. The molecule has 0 fully saturated rings. The second-order valence-corrected chi connectivity index (χ2v) is 5.04. The molecule has 0 amide bonds. The molecule has 19 heavy (non-hydrogen) atoms. The highest BCUT2D eigenvalue weighted by Crippen LogP contribution is 2.34. The van der Waals surface area contributed by atoms with Crippen molar-refractivity contribution in [1.82, 2.24) is 0 Å². The highest BCUT2D eigenvalue weighted by Gasteiger charge is 2.29. The van der Waals surface area contributed by atoms with Crippen molar-refractivity contribution < 1.29 is 9.53 Å². The predicted molar refractivity (Wildman–Crippen MR) is 74.8 cm³/mol. The van der Waals surface area contributed by atoms with Gasteiger partial charge in [-0.25, -0.2) is 0 Å². The van der Waals surface area contributed by atoms with Crippen molar-refractivity contribution in [2.24, 2.45) is 0 Å². The van der Waals surface area contributed by atoms with Crippen molar-refractivity contribution in [2.45, 2.75) is 12.3 Å². The molecule has 1 atom stereocenters. The molecule has 2 nitrogen and oxygen atoms in total. The van der Waals surface area contributed by atoms with Crippen molar-refractivity contribution >= 4 is 17.4 Å². The van der Waals surface area contributed by atoms with Crippen LogP contribution in [-0.4, -0.2) is 12.4 Å². The molecule has 3 rings (SSSR count). The van der Waals surface area contributed by atoms with E-state index in [4.69, 9.17) is 16.3 Å². The molecule has 96 valence electrons. The maximum Gasteiger partial charge on any atom is 0.148 e. The Kier molecular flexibility index (Phi) is 3.26. The number of hydrogen-bond donors (Lipinski definition) is 0. The minimum atomic E-state index is -0.174. The summed E-state index contributed by atoms with van der Waals surface area (Å²) < 4.78 is 5.55. The monoisotopic (exact) mass is 272 g/mol. The molecule has 0 spiro atoms. The Bertz CT molecular complexity index is 622. The van der Waals surface area contributed by atoms with Crippen LogP contribution in [0.5, 0.6) is 5.75 Å². The molecule has 1 aliphatic heterocycles. The third-order valence-corrected chi connectivity index (χ3v) is 3.78. The highest BCUT2D eigenvalue weighted by atomic mass is 35.5. The fourth-order valence-corrected chi connectivity index (χ4v) is 2.58. The number of carbonyl (C=O) groups excluding carboxylic acids is 1. The quantitative estimate of drug-likeness (QED) is 0.853. The van der Waals surface area contributed by atoms with Gasteiger partial charge in [-0.05, 0) is 17.7 Å². The van der Waals surface area contributed by atoms with Gasteiger partial charge < -0.3 is 4.74 Å². The Labute approximate surface area is 117 Å². The number of carbonyl (C=O) groups is 1. The third kappa shape index (κ3) is 2.36. The summed E-state index contributed by atoms with van der Waals surface area (Å²) in [6.07, 6.45) is 0.349. The zero-order chi connectivity index (χ0) is 13.2. The summed E-state index contributed by atoms with van der Waals surface area (Å²) in [5.74, 6) is 0.797. The lowest BCUT2D eigenvalue weighted by atomic mass is 9.93. The van der Waals surface area contributed by atoms with Crippen LogP contribution in [0.3, 0.4) is 0 Å². The summed E-state index contributed by atoms with van der Waals surface area (Å²) in [5, 5.41) is 0.642. The highest BCUT2D eigenvalue weighted by molar-refractivity contribution is 6.31. The lowest BCUT2D eigenvalue weighted by Gasteiger charge is -2.08. The molecule has 0 radical (unpaired) electrons. The number of ether oxygens (including phenoxy) is 1. The topological polar surface area (TPSA) is 26.3 Å². The van der Waals surface area contributed by atoms with Gasteiger partial charge in [0.15, 0.2) is 0 Å². The molecular weight excluding hydrogens is 260 g/mol. The van der Waals surface area contributed by atoms with Crippen LogP contribution in [0.4, 0.5) is 0 Å². The van der Waals surface area contributed by atoms with Crippen LogP contribution in [0, 0.1) is 0 Å². The van der Waals surface area contributed by atoms with Crippen molar-refractivity contribution in [2.75, 3.05) is 6.61 Å². The number of ketones is 1. The number of halogens is 1. The summed E-state index contributed by atoms with van der Waals surface area (Å²) in [4.78, 5) is 12.4. The smallest absolute Gasteiger partial charge is 0.148 e. The maximum absolute atomic E-state index is 12.4. The first-order chi connectivity index (χ1) is 9.25. The van der Waals surface area contributed by atoms with E-state index in [1.54, 1.807) is 0 Å². The molecule has 1 heterocycles. The molecule has 0 N–H and O–H groups in total. The molecule has 1 unspecified atom stereocenters. The second-order valence-electron chi connectivity index (χ2n) is 4.64. The summed E-state index contributed by atoms with van der Waals surface area (Å²) in [6, 6.07) is 15.2. The van der Waals surface area contributed by atoms with Crippen LogP contribution < -0.4 is 4.74 Å². The zero-order valence-corrected chi connectivity index (χ0v) is 11.1. The van der Waals surface area contributed by atoms with Crippen LogP contribution >= 0.6 is 11.6 Å². The first-order valence-electron chi connectivity index (χ1n) is 6.23. The molecule has 3 heteroatoms. The van der Waals surface area contributed by atoms with Crippen LogP contribution in [0.1, 0.15) is 17.0 Å². The van der Waals surface area contributed by atoms with Crippen molar-refractivity contribution in [3.8, 4) is 5.75 Å². The van der Waals surface area contributed by atoms with Gasteiger partial charge in [-0.15, -0.1) is 0 Å². The minimum Gasteiger partial charge on any atom is -0.492 e. The van der Waals surface area contributed by atoms with Crippen molar-refractivity contribution in [1.29, 1.82) is 0 Å². The molecule has 2 aromatic rings. The van der Waals surface area contributed by atoms with Crippen LogP contribution in [0.25, 0.3) is 0 Å². The molecule has 0 bridgehead atoms. The Morgan fingerprint density at radius 3 is 2.74 bits per heavy atom. The Morgan fingerprint density at radius 2 is 1.89 bits per heavy atom. The maximum atomic E-state index is 12.4. The number of benzene rings is 2. The van der Waals surface area contributed by atoms with Gasteiger partial charge in [-0.1, -0.05) is 48.0 Å². The van der Waals surface area contributed by atoms with E-state index in [0.717, 1.165) is 16.9 Å². The van der Waals surface area contributed by atoms with Gasteiger partial charge in [-0.3, -0.25) is 4.79 Å². The summed E-state index contributed by atoms with van der Waals surface area (Å²) in [6.45, 7) is 0.433. The fraction of sp³-hybridized carbons (Fsp3) is 0.188. The Hall–Kier alpha value is -1.80. The first kappa shape index (κ1) is 12.2. The second kappa shape index (κ2) is 5.06. The normalized spacial score (nSPS) is 16.8. The molecule has 0 saturated heterocycles. The molecule has 2 aromatic carbocycles. The lowest BCUT2D eigenvalue weighted by Crippen LogP contribution is -2.16. The predicted octanol–water partition coefficient (Wildman–Crippen LogP) is 3.63. The van der Waals surface area contributed by atoms with Gasteiger partial charge in [0.25, 0.3) is 0 Å². The molecule has 0 aliphatic carbocycles.